The molecule has 2 saturated carbocycles. The van der Waals surface area contributed by atoms with E-state index in [-0.39, 0.29) is 0 Å². The zero-order valence-electron chi connectivity index (χ0n) is 20.3. The van der Waals surface area contributed by atoms with Crippen molar-refractivity contribution in [1.29, 1.82) is 0 Å². The first kappa shape index (κ1) is 21.2. The van der Waals surface area contributed by atoms with Gasteiger partial charge in [-0.25, -0.2) is 4.98 Å². The van der Waals surface area contributed by atoms with E-state index < -0.39 is 0 Å². The second-order valence-corrected chi connectivity index (χ2v) is 11.1. The largest absolute Gasteiger partial charge is 0.299 e. The zero-order chi connectivity index (χ0) is 22.4. The number of hydrogen-bond acceptors (Lipinski definition) is 1. The molecule has 2 aromatic heterocycles. The molecular weight excluding hydrogens is 400 g/mol. The van der Waals surface area contributed by atoms with Gasteiger partial charge in [-0.1, -0.05) is 69.9 Å². The minimum Gasteiger partial charge on any atom is -0.299 e. The van der Waals surface area contributed by atoms with Crippen molar-refractivity contribution in [2.24, 2.45) is 29.6 Å². The first-order chi connectivity index (χ1) is 16.2. The molecule has 5 atom stereocenters. The SMILES string of the molecule is CCC1CCC(C)C2CCCC(CCCc3ccc4c5ccccc5n5ccnc5c4c3)C12. The van der Waals surface area contributed by atoms with Gasteiger partial charge >= 0.3 is 0 Å². The summed E-state index contributed by atoms with van der Waals surface area (Å²) in [5.74, 6) is 4.90. The van der Waals surface area contributed by atoms with E-state index in [1.165, 1.54) is 85.0 Å². The van der Waals surface area contributed by atoms with Crippen molar-refractivity contribution in [2.45, 2.75) is 71.6 Å². The third-order valence-electron chi connectivity index (χ3n) is 9.40. The van der Waals surface area contributed by atoms with Gasteiger partial charge in [-0.15, -0.1) is 0 Å². The molecule has 172 valence electrons. The quantitative estimate of drug-likeness (QED) is 0.286. The van der Waals surface area contributed by atoms with E-state index in [4.69, 9.17) is 4.98 Å². The molecule has 4 aromatic rings. The third-order valence-corrected chi connectivity index (χ3v) is 9.40. The topological polar surface area (TPSA) is 17.3 Å². The number of rotatable bonds is 5. The first-order valence-corrected chi connectivity index (χ1v) is 13.5. The van der Waals surface area contributed by atoms with E-state index in [9.17, 15) is 0 Å². The molecule has 0 N–H and O–H groups in total. The van der Waals surface area contributed by atoms with E-state index in [1.807, 2.05) is 6.20 Å². The lowest BCUT2D eigenvalue weighted by Gasteiger charge is -2.49. The van der Waals surface area contributed by atoms with Crippen LogP contribution >= 0.6 is 0 Å². The normalized spacial score (nSPS) is 27.9. The van der Waals surface area contributed by atoms with Gasteiger partial charge in [0.15, 0.2) is 0 Å². The molecule has 0 saturated heterocycles. The van der Waals surface area contributed by atoms with Gasteiger partial charge in [0.25, 0.3) is 0 Å². The molecule has 2 heteroatoms. The van der Waals surface area contributed by atoms with Crippen LogP contribution in [0, 0.1) is 29.6 Å². The Kier molecular flexibility index (Phi) is 5.64. The summed E-state index contributed by atoms with van der Waals surface area (Å²) >= 11 is 0. The average Bonchev–Trinajstić information content (AvgIpc) is 3.35. The summed E-state index contributed by atoms with van der Waals surface area (Å²) in [6, 6.07) is 15.8. The Hall–Kier alpha value is -2.35. The Morgan fingerprint density at radius 2 is 1.85 bits per heavy atom. The Morgan fingerprint density at radius 3 is 2.76 bits per heavy atom. The molecule has 0 bridgehead atoms. The molecular formula is C31H38N2. The number of pyridine rings is 1. The lowest BCUT2D eigenvalue weighted by Crippen LogP contribution is -2.40. The minimum atomic E-state index is 0.952. The molecule has 6 rings (SSSR count). The molecule has 33 heavy (non-hydrogen) atoms. The molecule has 2 aliphatic rings. The Morgan fingerprint density at radius 1 is 0.939 bits per heavy atom. The van der Waals surface area contributed by atoms with E-state index in [0.717, 1.165) is 35.2 Å². The second kappa shape index (κ2) is 8.78. The number of imidazole rings is 1. The highest BCUT2D eigenvalue weighted by atomic mass is 15.0. The number of para-hydroxylation sites is 1. The van der Waals surface area contributed by atoms with Crippen LogP contribution in [-0.4, -0.2) is 9.38 Å². The summed E-state index contributed by atoms with van der Waals surface area (Å²) in [5, 5.41) is 3.93. The van der Waals surface area contributed by atoms with Crippen LogP contribution < -0.4 is 0 Å². The summed E-state index contributed by atoms with van der Waals surface area (Å²) in [5.41, 5.74) is 3.80. The maximum atomic E-state index is 4.72. The predicted molar refractivity (Wildman–Crippen MR) is 140 cm³/mol. The van der Waals surface area contributed by atoms with Crippen LogP contribution in [-0.2, 0) is 6.42 Å². The lowest BCUT2D eigenvalue weighted by molar-refractivity contribution is 0.00666. The van der Waals surface area contributed by atoms with Crippen LogP contribution in [0.5, 0.6) is 0 Å². The standard InChI is InChI=1S/C31H38N2/c1-3-23-16-14-21(2)25-12-7-10-24(30(23)25)9-6-8-22-15-17-26-27-11-4-5-13-29(27)33-19-18-32-31(33)28(26)20-22/h4-5,11,13,15,17-21,23-25,30H,3,6-10,12,14,16H2,1-2H3. The summed E-state index contributed by atoms with van der Waals surface area (Å²) in [7, 11) is 0. The summed E-state index contributed by atoms with van der Waals surface area (Å²) in [6.07, 6.45) is 16.7. The number of benzene rings is 2. The van der Waals surface area contributed by atoms with Crippen molar-refractivity contribution in [3.05, 3.63) is 60.4 Å². The monoisotopic (exact) mass is 438 g/mol. The maximum absolute atomic E-state index is 4.72. The van der Waals surface area contributed by atoms with Crippen LogP contribution in [0.4, 0.5) is 0 Å². The van der Waals surface area contributed by atoms with Crippen molar-refractivity contribution >= 4 is 27.3 Å². The molecule has 2 aromatic carbocycles. The predicted octanol–water partition coefficient (Wildman–Crippen LogP) is 8.45. The zero-order valence-corrected chi connectivity index (χ0v) is 20.3. The van der Waals surface area contributed by atoms with Crippen LogP contribution in [0.25, 0.3) is 27.3 Å². The summed E-state index contributed by atoms with van der Waals surface area (Å²) in [6.45, 7) is 4.99. The van der Waals surface area contributed by atoms with Crippen molar-refractivity contribution in [3.8, 4) is 0 Å². The fraction of sp³-hybridized carbons (Fsp3) is 0.516. The van der Waals surface area contributed by atoms with E-state index in [0.29, 0.717) is 0 Å². The van der Waals surface area contributed by atoms with Gasteiger partial charge in [0, 0.05) is 23.2 Å². The van der Waals surface area contributed by atoms with Gasteiger partial charge in [0.2, 0.25) is 0 Å². The first-order valence-electron chi connectivity index (χ1n) is 13.5. The third kappa shape index (κ3) is 3.66. The fourth-order valence-electron chi connectivity index (χ4n) is 7.79. The van der Waals surface area contributed by atoms with Gasteiger partial charge in [0.1, 0.15) is 5.65 Å². The van der Waals surface area contributed by atoms with Crippen molar-refractivity contribution in [1.82, 2.24) is 9.38 Å². The van der Waals surface area contributed by atoms with Gasteiger partial charge in [0.05, 0.1) is 5.52 Å². The Labute approximate surface area is 198 Å². The smallest absolute Gasteiger partial charge is 0.145 e. The van der Waals surface area contributed by atoms with Crippen molar-refractivity contribution < 1.29 is 0 Å². The Balaban J connectivity index is 1.23. The molecule has 2 nitrogen and oxygen atoms in total. The number of fused-ring (bicyclic) bond motifs is 7. The van der Waals surface area contributed by atoms with Gasteiger partial charge in [-0.05, 0) is 84.8 Å². The maximum Gasteiger partial charge on any atom is 0.145 e. The minimum absolute atomic E-state index is 0.952. The van der Waals surface area contributed by atoms with Crippen LogP contribution in [0.1, 0.15) is 70.8 Å². The number of aryl methyl sites for hydroxylation is 1. The molecule has 0 radical (unpaired) electrons. The molecule has 5 unspecified atom stereocenters. The van der Waals surface area contributed by atoms with Gasteiger partial charge in [-0.2, -0.15) is 0 Å². The number of hydrogen-bond donors (Lipinski definition) is 0. The molecule has 2 heterocycles. The van der Waals surface area contributed by atoms with E-state index in [1.54, 1.807) is 0 Å². The summed E-state index contributed by atoms with van der Waals surface area (Å²) in [4.78, 5) is 4.72. The van der Waals surface area contributed by atoms with Gasteiger partial charge in [-0.3, -0.25) is 4.40 Å². The highest BCUT2D eigenvalue weighted by Crippen LogP contribution is 2.51. The highest BCUT2D eigenvalue weighted by Gasteiger charge is 2.42. The van der Waals surface area contributed by atoms with Crippen LogP contribution in [0.3, 0.4) is 0 Å². The van der Waals surface area contributed by atoms with E-state index in [2.05, 4.69) is 66.9 Å². The number of nitrogens with zero attached hydrogens (tertiary/aromatic N) is 2. The molecule has 0 spiro atoms. The fourth-order valence-corrected chi connectivity index (χ4v) is 7.79. The van der Waals surface area contributed by atoms with Gasteiger partial charge < -0.3 is 0 Å². The molecule has 2 aliphatic carbocycles. The van der Waals surface area contributed by atoms with Crippen LogP contribution in [0.2, 0.25) is 0 Å². The molecule has 0 amide bonds. The van der Waals surface area contributed by atoms with Crippen LogP contribution in [0.15, 0.2) is 54.9 Å². The van der Waals surface area contributed by atoms with Crippen molar-refractivity contribution in [2.75, 3.05) is 0 Å². The summed E-state index contributed by atoms with van der Waals surface area (Å²) < 4.78 is 2.25. The van der Waals surface area contributed by atoms with Crippen molar-refractivity contribution in [3.63, 3.8) is 0 Å². The molecule has 2 fully saturated rings. The average molecular weight is 439 g/mol. The Bertz CT molecular complexity index is 1270. The lowest BCUT2D eigenvalue weighted by atomic mass is 9.56. The molecule has 0 aliphatic heterocycles. The highest BCUT2D eigenvalue weighted by molar-refractivity contribution is 6.11. The van der Waals surface area contributed by atoms with E-state index >= 15 is 0 Å². The number of aromatic nitrogens is 2. The second-order valence-electron chi connectivity index (χ2n) is 11.1.